The number of hydrogen-bond donors (Lipinski definition) is 2. The van der Waals surface area contributed by atoms with E-state index < -0.39 is 5.97 Å². The van der Waals surface area contributed by atoms with Gasteiger partial charge in [-0.1, -0.05) is 0 Å². The first-order valence-corrected chi connectivity index (χ1v) is 6.99. The van der Waals surface area contributed by atoms with Gasteiger partial charge in [0.2, 0.25) is 5.91 Å². The number of amides is 1. The molecule has 1 amide bonds. The smallest absolute Gasteiger partial charge is 0.303 e. The van der Waals surface area contributed by atoms with Gasteiger partial charge in [0.15, 0.2) is 0 Å². The minimum Gasteiger partial charge on any atom is -0.481 e. The van der Waals surface area contributed by atoms with Gasteiger partial charge in [-0.05, 0) is 25.0 Å². The number of nitrogens with two attached hydrogens (primary N) is 1. The summed E-state index contributed by atoms with van der Waals surface area (Å²) in [6.45, 7) is 1.65. The number of hydrogen-bond acceptors (Lipinski definition) is 4. The highest BCUT2D eigenvalue weighted by Gasteiger charge is 2.22. The second-order valence-electron chi connectivity index (χ2n) is 4.18. The Bertz CT molecular complexity index is 273. The number of carbonyl (C=O) groups is 2. The van der Waals surface area contributed by atoms with E-state index in [1.807, 2.05) is 4.90 Å². The molecule has 0 aromatic rings. The van der Waals surface area contributed by atoms with Crippen molar-refractivity contribution in [2.45, 2.75) is 30.9 Å². The number of carboxylic acids is 1. The molecule has 5 nitrogen and oxygen atoms in total. The third kappa shape index (κ3) is 5.41. The van der Waals surface area contributed by atoms with Gasteiger partial charge in [-0.15, -0.1) is 0 Å². The maximum absolute atomic E-state index is 11.4. The summed E-state index contributed by atoms with van der Waals surface area (Å²) >= 11 is 1.77. The SMILES string of the molecule is NCC(=O)N1CCCC(SCCCC(=O)O)C1. The van der Waals surface area contributed by atoms with Crippen LogP contribution < -0.4 is 5.73 Å². The van der Waals surface area contributed by atoms with Gasteiger partial charge >= 0.3 is 5.97 Å². The van der Waals surface area contributed by atoms with Crippen LogP contribution in [0.2, 0.25) is 0 Å². The van der Waals surface area contributed by atoms with Crippen LogP contribution in [0.3, 0.4) is 0 Å². The fourth-order valence-electron chi connectivity index (χ4n) is 1.90. The molecule has 0 radical (unpaired) electrons. The van der Waals surface area contributed by atoms with E-state index in [4.69, 9.17) is 10.8 Å². The summed E-state index contributed by atoms with van der Waals surface area (Å²) in [5.41, 5.74) is 5.34. The molecule has 1 heterocycles. The first kappa shape index (κ1) is 14.3. The van der Waals surface area contributed by atoms with Crippen LogP contribution in [0.5, 0.6) is 0 Å². The molecule has 1 unspecified atom stereocenters. The Balaban J connectivity index is 2.20. The molecule has 17 heavy (non-hydrogen) atoms. The molecule has 0 aliphatic carbocycles. The van der Waals surface area contributed by atoms with Gasteiger partial charge in [-0.25, -0.2) is 0 Å². The van der Waals surface area contributed by atoms with E-state index in [9.17, 15) is 9.59 Å². The zero-order chi connectivity index (χ0) is 12.7. The van der Waals surface area contributed by atoms with Crippen molar-refractivity contribution in [1.29, 1.82) is 0 Å². The molecule has 0 aromatic carbocycles. The quantitative estimate of drug-likeness (QED) is 0.681. The Morgan fingerprint density at radius 3 is 2.88 bits per heavy atom. The van der Waals surface area contributed by atoms with E-state index in [0.717, 1.165) is 31.7 Å². The van der Waals surface area contributed by atoms with Crippen molar-refractivity contribution in [1.82, 2.24) is 4.90 Å². The summed E-state index contributed by atoms with van der Waals surface area (Å²) in [6, 6.07) is 0. The number of thioether (sulfide) groups is 1. The number of rotatable bonds is 6. The van der Waals surface area contributed by atoms with Gasteiger partial charge in [0.25, 0.3) is 0 Å². The third-order valence-electron chi connectivity index (χ3n) is 2.79. The fraction of sp³-hybridized carbons (Fsp3) is 0.818. The van der Waals surface area contributed by atoms with Crippen LogP contribution in [0.4, 0.5) is 0 Å². The van der Waals surface area contributed by atoms with Gasteiger partial charge in [0.1, 0.15) is 0 Å². The van der Waals surface area contributed by atoms with Crippen LogP contribution in [0.1, 0.15) is 25.7 Å². The molecule has 1 aliphatic heterocycles. The van der Waals surface area contributed by atoms with E-state index in [0.29, 0.717) is 11.7 Å². The topological polar surface area (TPSA) is 83.6 Å². The molecular formula is C11H20N2O3S. The second-order valence-corrected chi connectivity index (χ2v) is 5.58. The number of nitrogens with zero attached hydrogens (tertiary/aromatic N) is 1. The number of likely N-dealkylation sites (tertiary alicyclic amines) is 1. The molecule has 1 aliphatic rings. The van der Waals surface area contributed by atoms with Crippen LogP contribution in [-0.4, -0.2) is 52.5 Å². The average molecular weight is 260 g/mol. The van der Waals surface area contributed by atoms with Crippen LogP contribution >= 0.6 is 11.8 Å². The number of piperidine rings is 1. The molecule has 0 aromatic heterocycles. The highest BCUT2D eigenvalue weighted by molar-refractivity contribution is 7.99. The Morgan fingerprint density at radius 2 is 2.24 bits per heavy atom. The maximum atomic E-state index is 11.4. The largest absolute Gasteiger partial charge is 0.481 e. The van der Waals surface area contributed by atoms with Crippen LogP contribution in [0.25, 0.3) is 0 Å². The first-order chi connectivity index (χ1) is 8.13. The first-order valence-electron chi connectivity index (χ1n) is 5.94. The van der Waals surface area contributed by atoms with Gasteiger partial charge < -0.3 is 15.7 Å². The molecule has 1 rings (SSSR count). The average Bonchev–Trinajstić information content (AvgIpc) is 2.34. The Hall–Kier alpha value is -0.750. The van der Waals surface area contributed by atoms with Crippen molar-refractivity contribution in [2.24, 2.45) is 5.73 Å². The molecular weight excluding hydrogens is 240 g/mol. The highest BCUT2D eigenvalue weighted by atomic mass is 32.2. The Morgan fingerprint density at radius 1 is 1.47 bits per heavy atom. The summed E-state index contributed by atoms with van der Waals surface area (Å²) in [6.07, 6.45) is 3.04. The van der Waals surface area contributed by atoms with Crippen molar-refractivity contribution in [3.05, 3.63) is 0 Å². The molecule has 1 saturated heterocycles. The van der Waals surface area contributed by atoms with Gasteiger partial charge in [0.05, 0.1) is 6.54 Å². The van der Waals surface area contributed by atoms with E-state index in [2.05, 4.69) is 0 Å². The molecule has 0 bridgehead atoms. The summed E-state index contributed by atoms with van der Waals surface area (Å²) in [5.74, 6) is 0.122. The Labute approximate surface area is 106 Å². The second kappa shape index (κ2) is 7.55. The molecule has 6 heteroatoms. The monoisotopic (exact) mass is 260 g/mol. The lowest BCUT2D eigenvalue weighted by Gasteiger charge is -2.32. The van der Waals surface area contributed by atoms with Crippen molar-refractivity contribution in [2.75, 3.05) is 25.4 Å². The molecule has 1 fully saturated rings. The van der Waals surface area contributed by atoms with Gasteiger partial charge in [-0.3, -0.25) is 9.59 Å². The standard InChI is InChI=1S/C11H20N2O3S/c12-7-10(14)13-5-1-3-9(8-13)17-6-2-4-11(15)16/h9H,1-8,12H2,(H,15,16). The predicted molar refractivity (Wildman–Crippen MR) is 68.0 cm³/mol. The molecule has 3 N–H and O–H groups in total. The lowest BCUT2D eigenvalue weighted by atomic mass is 10.1. The minimum atomic E-state index is -0.741. The molecule has 1 atom stereocenters. The van der Waals surface area contributed by atoms with Crippen LogP contribution in [0, 0.1) is 0 Å². The van der Waals surface area contributed by atoms with E-state index in [1.54, 1.807) is 11.8 Å². The molecule has 98 valence electrons. The predicted octanol–water partition coefficient (Wildman–Crippen LogP) is 0.534. The fourth-order valence-corrected chi connectivity index (χ4v) is 3.17. The minimum absolute atomic E-state index is 0.0147. The third-order valence-corrected chi connectivity index (χ3v) is 4.17. The lowest BCUT2D eigenvalue weighted by Crippen LogP contribution is -2.44. The van der Waals surface area contributed by atoms with Crippen molar-refractivity contribution in [3.8, 4) is 0 Å². The maximum Gasteiger partial charge on any atom is 0.303 e. The molecule has 0 spiro atoms. The van der Waals surface area contributed by atoms with Crippen molar-refractivity contribution >= 4 is 23.6 Å². The van der Waals surface area contributed by atoms with E-state index in [1.165, 1.54) is 0 Å². The van der Waals surface area contributed by atoms with Crippen LogP contribution in [0.15, 0.2) is 0 Å². The van der Waals surface area contributed by atoms with Crippen molar-refractivity contribution < 1.29 is 14.7 Å². The number of carboxylic acid groups (broad SMARTS) is 1. The highest BCUT2D eigenvalue weighted by Crippen LogP contribution is 2.23. The lowest BCUT2D eigenvalue weighted by molar-refractivity contribution is -0.137. The van der Waals surface area contributed by atoms with E-state index in [-0.39, 0.29) is 18.9 Å². The summed E-state index contributed by atoms with van der Waals surface area (Å²) in [5, 5.41) is 8.96. The van der Waals surface area contributed by atoms with Crippen LogP contribution in [-0.2, 0) is 9.59 Å². The van der Waals surface area contributed by atoms with Crippen molar-refractivity contribution in [3.63, 3.8) is 0 Å². The normalized spacial score (nSPS) is 20.3. The number of carbonyl (C=O) groups excluding carboxylic acids is 1. The van der Waals surface area contributed by atoms with E-state index >= 15 is 0 Å². The zero-order valence-corrected chi connectivity index (χ0v) is 10.7. The summed E-state index contributed by atoms with van der Waals surface area (Å²) in [4.78, 5) is 23.6. The number of aliphatic carboxylic acids is 1. The molecule has 0 saturated carbocycles. The van der Waals surface area contributed by atoms with Gasteiger partial charge in [-0.2, -0.15) is 11.8 Å². The Kier molecular flexibility index (Phi) is 6.36. The summed E-state index contributed by atoms with van der Waals surface area (Å²) < 4.78 is 0. The summed E-state index contributed by atoms with van der Waals surface area (Å²) in [7, 11) is 0. The zero-order valence-electron chi connectivity index (χ0n) is 9.93. The van der Waals surface area contributed by atoms with Gasteiger partial charge in [0, 0.05) is 24.8 Å².